The maximum Gasteiger partial charge on any atom is 0.242 e. The molecule has 2 heterocycles. The highest BCUT2D eigenvalue weighted by molar-refractivity contribution is 6.08. The van der Waals surface area contributed by atoms with Gasteiger partial charge in [-0.3, -0.25) is 19.3 Å². The molecule has 1 aromatic heterocycles. The molecular formula is C17H19N3O4. The minimum Gasteiger partial charge on any atom is -0.361 e. The van der Waals surface area contributed by atoms with Crippen LogP contribution in [0.1, 0.15) is 17.9 Å². The van der Waals surface area contributed by atoms with Crippen molar-refractivity contribution in [3.8, 4) is 0 Å². The number of carbonyl (C=O) groups is 3. The smallest absolute Gasteiger partial charge is 0.242 e. The highest BCUT2D eigenvalue weighted by Gasteiger charge is 2.59. The summed E-state index contributed by atoms with van der Waals surface area (Å²) in [5.41, 5.74) is 0.640. The van der Waals surface area contributed by atoms with Crippen LogP contribution in [0.4, 0.5) is 0 Å². The lowest BCUT2D eigenvalue weighted by molar-refractivity contribution is -0.146. The first-order valence-electron chi connectivity index (χ1n) is 8.15. The maximum atomic E-state index is 12.6. The van der Waals surface area contributed by atoms with Gasteiger partial charge in [0.2, 0.25) is 17.7 Å². The quantitative estimate of drug-likeness (QED) is 0.601. The van der Waals surface area contributed by atoms with Crippen LogP contribution in [-0.2, 0) is 20.9 Å². The molecule has 7 nitrogen and oxygen atoms in total. The Morgan fingerprint density at radius 2 is 1.92 bits per heavy atom. The van der Waals surface area contributed by atoms with Gasteiger partial charge in [-0.1, -0.05) is 17.3 Å². The molecule has 1 saturated heterocycles. The first-order chi connectivity index (χ1) is 11.5. The van der Waals surface area contributed by atoms with Gasteiger partial charge < -0.3 is 9.42 Å². The molecule has 0 unspecified atom stereocenters. The Labute approximate surface area is 139 Å². The molecule has 3 amide bonds. The number of nitrogens with zero attached hydrogens (tertiary/aromatic N) is 3. The summed E-state index contributed by atoms with van der Waals surface area (Å²) >= 11 is 0. The topological polar surface area (TPSA) is 83.7 Å². The summed E-state index contributed by atoms with van der Waals surface area (Å²) in [6, 6.07) is 1.75. The zero-order valence-electron chi connectivity index (χ0n) is 13.6. The van der Waals surface area contributed by atoms with Crippen LogP contribution in [0.5, 0.6) is 0 Å². The Kier molecular flexibility index (Phi) is 3.33. The summed E-state index contributed by atoms with van der Waals surface area (Å²) in [6.45, 7) is 1.87. The predicted molar refractivity (Wildman–Crippen MR) is 82.2 cm³/mol. The standard InChI is InChI=1S/C17H19N3O4/c1-9-5-12(18-24-9)7-19(2)13(21)8-20-16(22)14-10-3-4-11(6-10)15(14)17(20)23/h3-5,10-11,14-15H,6-8H2,1-2H3/t10-,11-,14-,15-/m0/s1. The number of hydrogen-bond donors (Lipinski definition) is 0. The van der Waals surface area contributed by atoms with E-state index in [-0.39, 0.29) is 54.5 Å². The van der Waals surface area contributed by atoms with Gasteiger partial charge in [-0.2, -0.15) is 0 Å². The number of carbonyl (C=O) groups excluding carboxylic acids is 3. The Morgan fingerprint density at radius 3 is 2.46 bits per heavy atom. The summed E-state index contributed by atoms with van der Waals surface area (Å²) in [5, 5.41) is 3.85. The van der Waals surface area contributed by atoms with Crippen LogP contribution in [0.3, 0.4) is 0 Å². The number of imide groups is 1. The molecule has 3 aliphatic rings. The highest BCUT2D eigenvalue weighted by atomic mass is 16.5. The van der Waals surface area contributed by atoms with Gasteiger partial charge in [0.15, 0.2) is 0 Å². The van der Waals surface area contributed by atoms with Crippen molar-refractivity contribution in [1.82, 2.24) is 15.0 Å². The normalized spacial score (nSPS) is 30.3. The largest absolute Gasteiger partial charge is 0.361 e. The van der Waals surface area contributed by atoms with E-state index in [0.717, 1.165) is 11.3 Å². The zero-order valence-corrected chi connectivity index (χ0v) is 13.6. The molecule has 2 aliphatic carbocycles. The number of fused-ring (bicyclic) bond motifs is 5. The fourth-order valence-electron chi connectivity index (χ4n) is 4.20. The van der Waals surface area contributed by atoms with Crippen LogP contribution in [0.2, 0.25) is 0 Å². The Hall–Kier alpha value is -2.44. The molecule has 0 spiro atoms. The highest BCUT2D eigenvalue weighted by Crippen LogP contribution is 2.52. The number of likely N-dealkylation sites (N-methyl/N-ethyl adjacent to an activating group) is 1. The number of amides is 3. The van der Waals surface area contributed by atoms with E-state index in [9.17, 15) is 14.4 Å². The Balaban J connectivity index is 1.43. The van der Waals surface area contributed by atoms with Crippen LogP contribution in [-0.4, -0.2) is 46.3 Å². The van der Waals surface area contributed by atoms with Crippen LogP contribution < -0.4 is 0 Å². The van der Waals surface area contributed by atoms with Gasteiger partial charge >= 0.3 is 0 Å². The number of aryl methyl sites for hydroxylation is 1. The lowest BCUT2D eigenvalue weighted by Gasteiger charge is -2.21. The minimum absolute atomic E-state index is 0.160. The lowest BCUT2D eigenvalue weighted by Crippen LogP contribution is -2.42. The fraction of sp³-hybridized carbons (Fsp3) is 0.529. The van der Waals surface area contributed by atoms with E-state index in [1.807, 2.05) is 12.2 Å². The molecule has 0 N–H and O–H groups in total. The first kappa shape index (κ1) is 15.1. The average Bonchev–Trinajstić information content (AvgIpc) is 3.29. The van der Waals surface area contributed by atoms with Gasteiger partial charge in [0, 0.05) is 13.1 Å². The second-order valence-corrected chi connectivity index (χ2v) is 6.94. The number of hydrogen-bond acceptors (Lipinski definition) is 5. The molecule has 2 bridgehead atoms. The number of aromatic nitrogens is 1. The van der Waals surface area contributed by atoms with E-state index in [0.29, 0.717) is 11.5 Å². The van der Waals surface area contributed by atoms with Crippen molar-refractivity contribution in [2.24, 2.45) is 23.7 Å². The molecule has 1 aromatic rings. The van der Waals surface area contributed by atoms with E-state index in [1.54, 1.807) is 20.0 Å². The lowest BCUT2D eigenvalue weighted by atomic mass is 9.85. The summed E-state index contributed by atoms with van der Waals surface area (Å²) in [7, 11) is 1.63. The predicted octanol–water partition coefficient (Wildman–Crippen LogP) is 0.749. The van der Waals surface area contributed by atoms with E-state index in [1.165, 1.54) is 4.90 Å². The molecule has 4 atom stereocenters. The molecule has 0 radical (unpaired) electrons. The van der Waals surface area contributed by atoms with Gasteiger partial charge in [-0.05, 0) is 25.2 Å². The summed E-state index contributed by atoms with van der Waals surface area (Å²) in [4.78, 5) is 40.2. The number of allylic oxidation sites excluding steroid dienone is 2. The van der Waals surface area contributed by atoms with E-state index >= 15 is 0 Å². The monoisotopic (exact) mass is 329 g/mol. The third kappa shape index (κ3) is 2.18. The maximum absolute atomic E-state index is 12.6. The van der Waals surface area contributed by atoms with E-state index < -0.39 is 0 Å². The van der Waals surface area contributed by atoms with Gasteiger partial charge in [0.25, 0.3) is 0 Å². The van der Waals surface area contributed by atoms with E-state index in [4.69, 9.17) is 4.52 Å². The van der Waals surface area contributed by atoms with Gasteiger partial charge in [-0.15, -0.1) is 0 Å². The average molecular weight is 329 g/mol. The van der Waals surface area contributed by atoms with Gasteiger partial charge in [0.05, 0.1) is 18.4 Å². The van der Waals surface area contributed by atoms with Crippen LogP contribution in [0, 0.1) is 30.6 Å². The van der Waals surface area contributed by atoms with Crippen molar-refractivity contribution in [3.63, 3.8) is 0 Å². The van der Waals surface area contributed by atoms with Crippen molar-refractivity contribution < 1.29 is 18.9 Å². The third-order valence-electron chi connectivity index (χ3n) is 5.36. The third-order valence-corrected chi connectivity index (χ3v) is 5.36. The first-order valence-corrected chi connectivity index (χ1v) is 8.15. The molecular weight excluding hydrogens is 310 g/mol. The molecule has 24 heavy (non-hydrogen) atoms. The SMILES string of the molecule is Cc1cc(CN(C)C(=O)CN2C(=O)[C@@H]3[C@@H](C2=O)[C@H]2C=C[C@H]3C2)no1. The molecule has 126 valence electrons. The van der Waals surface area contributed by atoms with Crippen LogP contribution >= 0.6 is 0 Å². The Bertz CT molecular complexity index is 723. The summed E-state index contributed by atoms with van der Waals surface area (Å²) in [6.07, 6.45) is 4.97. The zero-order chi connectivity index (χ0) is 17.0. The molecule has 1 aliphatic heterocycles. The summed E-state index contributed by atoms with van der Waals surface area (Å²) in [5.74, 6) is -0.196. The van der Waals surface area contributed by atoms with Crippen molar-refractivity contribution >= 4 is 17.7 Å². The van der Waals surface area contributed by atoms with Gasteiger partial charge in [-0.25, -0.2) is 0 Å². The molecule has 0 aromatic carbocycles. The second kappa shape index (κ2) is 5.29. The van der Waals surface area contributed by atoms with Crippen LogP contribution in [0.15, 0.2) is 22.7 Å². The van der Waals surface area contributed by atoms with Crippen LogP contribution in [0.25, 0.3) is 0 Å². The van der Waals surface area contributed by atoms with Crippen molar-refractivity contribution in [2.45, 2.75) is 19.9 Å². The van der Waals surface area contributed by atoms with Gasteiger partial charge in [0.1, 0.15) is 18.0 Å². The fourth-order valence-corrected chi connectivity index (χ4v) is 4.20. The molecule has 4 rings (SSSR count). The number of likely N-dealkylation sites (tertiary alicyclic amines) is 1. The van der Waals surface area contributed by atoms with Crippen molar-refractivity contribution in [1.29, 1.82) is 0 Å². The molecule has 2 fully saturated rings. The summed E-state index contributed by atoms with van der Waals surface area (Å²) < 4.78 is 4.98. The number of rotatable bonds is 4. The molecule has 7 heteroatoms. The van der Waals surface area contributed by atoms with Crippen molar-refractivity contribution in [2.75, 3.05) is 13.6 Å². The molecule has 1 saturated carbocycles. The minimum atomic E-state index is -0.280. The Morgan fingerprint density at radius 1 is 1.29 bits per heavy atom. The van der Waals surface area contributed by atoms with E-state index in [2.05, 4.69) is 5.16 Å². The second-order valence-electron chi connectivity index (χ2n) is 6.94. The van der Waals surface area contributed by atoms with Crippen molar-refractivity contribution in [3.05, 3.63) is 29.7 Å².